The summed E-state index contributed by atoms with van der Waals surface area (Å²) in [6.45, 7) is 4.22. The Balaban J connectivity index is 1.74. The van der Waals surface area contributed by atoms with E-state index in [2.05, 4.69) is 10.6 Å². The van der Waals surface area contributed by atoms with Gasteiger partial charge in [-0.25, -0.2) is 4.39 Å². The van der Waals surface area contributed by atoms with Gasteiger partial charge in [0.05, 0.1) is 23.4 Å². The lowest BCUT2D eigenvalue weighted by molar-refractivity contribution is -0.135. The van der Waals surface area contributed by atoms with Crippen LogP contribution in [0.2, 0.25) is 0 Å². The van der Waals surface area contributed by atoms with E-state index in [0.717, 1.165) is 11.3 Å². The Labute approximate surface area is 200 Å². The van der Waals surface area contributed by atoms with Gasteiger partial charge < -0.3 is 15.5 Å². The second kappa shape index (κ2) is 11.1. The standard InChI is InChI=1S/C23H27ClFN3O4S/c1-13(2)8-17(27-23(32)20-9-15-16(25)4-3-5-19(15)33-20)18(29)12-28(21(30)10-24)11-14-6-7-26-22(14)31/h3-5,9,13-14,17H,6-8,10-12H2,1-2H3,(H,26,31)(H,27,32)/t14-,17-/m0/s1. The Morgan fingerprint density at radius 3 is 2.70 bits per heavy atom. The number of nitrogens with zero attached hydrogens (tertiary/aromatic N) is 1. The first-order valence-corrected chi connectivity index (χ1v) is 12.2. The van der Waals surface area contributed by atoms with Gasteiger partial charge in [-0.15, -0.1) is 22.9 Å². The van der Waals surface area contributed by atoms with Gasteiger partial charge in [-0.2, -0.15) is 0 Å². The fourth-order valence-corrected chi connectivity index (χ4v) is 4.98. The van der Waals surface area contributed by atoms with Gasteiger partial charge in [0.15, 0.2) is 5.78 Å². The van der Waals surface area contributed by atoms with Crippen LogP contribution >= 0.6 is 22.9 Å². The van der Waals surface area contributed by atoms with Crippen molar-refractivity contribution in [3.63, 3.8) is 0 Å². The van der Waals surface area contributed by atoms with Gasteiger partial charge in [0.2, 0.25) is 11.8 Å². The molecule has 0 radical (unpaired) electrons. The van der Waals surface area contributed by atoms with E-state index in [0.29, 0.717) is 34.3 Å². The molecule has 0 bridgehead atoms. The van der Waals surface area contributed by atoms with Crippen LogP contribution in [0.1, 0.15) is 36.4 Å². The van der Waals surface area contributed by atoms with Crippen LogP contribution in [0.3, 0.4) is 0 Å². The minimum atomic E-state index is -0.837. The van der Waals surface area contributed by atoms with Crippen molar-refractivity contribution in [3.05, 3.63) is 35.0 Å². The number of nitrogens with one attached hydrogen (secondary N) is 2. The lowest BCUT2D eigenvalue weighted by Crippen LogP contribution is -2.49. The van der Waals surface area contributed by atoms with E-state index in [1.54, 1.807) is 12.1 Å². The molecule has 0 aliphatic carbocycles. The van der Waals surface area contributed by atoms with Crippen molar-refractivity contribution in [2.75, 3.05) is 25.5 Å². The lowest BCUT2D eigenvalue weighted by Gasteiger charge is -2.26. The molecule has 1 aliphatic rings. The summed E-state index contributed by atoms with van der Waals surface area (Å²) in [5.74, 6) is -2.44. The number of carbonyl (C=O) groups is 4. The molecule has 2 heterocycles. The molecule has 3 amide bonds. The predicted octanol–water partition coefficient (Wildman–Crippen LogP) is 2.96. The number of benzene rings is 1. The number of fused-ring (bicyclic) bond motifs is 1. The van der Waals surface area contributed by atoms with E-state index in [9.17, 15) is 23.6 Å². The van der Waals surface area contributed by atoms with Crippen molar-refractivity contribution in [2.45, 2.75) is 32.7 Å². The van der Waals surface area contributed by atoms with Crippen molar-refractivity contribution in [2.24, 2.45) is 11.8 Å². The number of Topliss-reactive ketones (excluding diaryl/α,β-unsaturated/α-hetero) is 1. The molecule has 1 saturated heterocycles. The van der Waals surface area contributed by atoms with Crippen molar-refractivity contribution in [3.8, 4) is 0 Å². The van der Waals surface area contributed by atoms with Crippen LogP contribution < -0.4 is 10.6 Å². The van der Waals surface area contributed by atoms with E-state index in [1.165, 1.54) is 17.0 Å². The summed E-state index contributed by atoms with van der Waals surface area (Å²) >= 11 is 6.88. The van der Waals surface area contributed by atoms with Crippen molar-refractivity contribution in [1.29, 1.82) is 0 Å². The summed E-state index contributed by atoms with van der Waals surface area (Å²) in [6.07, 6.45) is 0.949. The molecule has 10 heteroatoms. The molecule has 0 spiro atoms. The van der Waals surface area contributed by atoms with E-state index in [-0.39, 0.29) is 36.6 Å². The van der Waals surface area contributed by atoms with Gasteiger partial charge in [0, 0.05) is 23.2 Å². The van der Waals surface area contributed by atoms with Gasteiger partial charge >= 0.3 is 0 Å². The Hall–Kier alpha value is -2.52. The number of amides is 3. The summed E-state index contributed by atoms with van der Waals surface area (Å²) in [4.78, 5) is 51.9. The third-order valence-electron chi connectivity index (χ3n) is 5.55. The van der Waals surface area contributed by atoms with Crippen LogP contribution in [-0.2, 0) is 14.4 Å². The Morgan fingerprint density at radius 1 is 1.33 bits per heavy atom. The molecule has 3 rings (SSSR count). The number of carbonyl (C=O) groups excluding carboxylic acids is 4. The van der Waals surface area contributed by atoms with Crippen molar-refractivity contribution in [1.82, 2.24) is 15.5 Å². The molecule has 2 atom stereocenters. The van der Waals surface area contributed by atoms with Gasteiger partial charge in [-0.05, 0) is 37.0 Å². The third-order valence-corrected chi connectivity index (χ3v) is 6.88. The second-order valence-electron chi connectivity index (χ2n) is 8.57. The Kier molecular flexibility index (Phi) is 8.42. The molecule has 0 saturated carbocycles. The molecular formula is C23H27ClFN3O4S. The zero-order valence-electron chi connectivity index (χ0n) is 18.5. The number of alkyl halides is 1. The predicted molar refractivity (Wildman–Crippen MR) is 126 cm³/mol. The average Bonchev–Trinajstić information content (AvgIpc) is 3.39. The first-order chi connectivity index (χ1) is 15.7. The fraction of sp³-hybridized carbons (Fsp3) is 0.478. The SMILES string of the molecule is CC(C)C[C@H](NC(=O)c1cc2c(F)cccc2s1)C(=O)CN(C[C@@H]1CCNC1=O)C(=O)CCl. The summed E-state index contributed by atoms with van der Waals surface area (Å²) in [5.41, 5.74) is 0. The first kappa shape index (κ1) is 25.1. The van der Waals surface area contributed by atoms with Gasteiger partial charge in [0.25, 0.3) is 5.91 Å². The highest BCUT2D eigenvalue weighted by Gasteiger charge is 2.31. The number of rotatable bonds is 10. The van der Waals surface area contributed by atoms with Gasteiger partial charge in [0.1, 0.15) is 11.7 Å². The van der Waals surface area contributed by atoms with Crippen LogP contribution in [-0.4, -0.2) is 60.0 Å². The highest BCUT2D eigenvalue weighted by molar-refractivity contribution is 7.20. The minimum Gasteiger partial charge on any atom is -0.356 e. The van der Waals surface area contributed by atoms with Crippen LogP contribution in [0.4, 0.5) is 4.39 Å². The summed E-state index contributed by atoms with van der Waals surface area (Å²) in [5, 5.41) is 5.83. The maximum Gasteiger partial charge on any atom is 0.261 e. The fourth-order valence-electron chi connectivity index (χ4n) is 3.83. The molecule has 1 aromatic heterocycles. The smallest absolute Gasteiger partial charge is 0.261 e. The average molecular weight is 496 g/mol. The number of thiophene rings is 1. The molecule has 0 unspecified atom stereocenters. The van der Waals surface area contributed by atoms with Crippen molar-refractivity contribution >= 4 is 56.5 Å². The molecule has 2 aromatic rings. The molecule has 1 aromatic carbocycles. The maximum absolute atomic E-state index is 14.0. The highest BCUT2D eigenvalue weighted by Crippen LogP contribution is 2.27. The highest BCUT2D eigenvalue weighted by atomic mass is 35.5. The third kappa shape index (κ3) is 6.29. The van der Waals surface area contributed by atoms with Crippen molar-refractivity contribution < 1.29 is 23.6 Å². The Morgan fingerprint density at radius 2 is 2.09 bits per heavy atom. The van der Waals surface area contributed by atoms with E-state index in [4.69, 9.17) is 11.6 Å². The minimum absolute atomic E-state index is 0.0943. The Bertz CT molecular complexity index is 1060. The number of hydrogen-bond donors (Lipinski definition) is 2. The molecule has 1 aliphatic heterocycles. The molecule has 2 N–H and O–H groups in total. The van der Waals surface area contributed by atoms with Crippen LogP contribution in [0.5, 0.6) is 0 Å². The normalized spacial score (nSPS) is 16.6. The zero-order valence-corrected chi connectivity index (χ0v) is 20.1. The van der Waals surface area contributed by atoms with Crippen LogP contribution in [0.15, 0.2) is 24.3 Å². The zero-order chi connectivity index (χ0) is 24.1. The van der Waals surface area contributed by atoms with Crippen LogP contribution in [0, 0.1) is 17.7 Å². The molecule has 33 heavy (non-hydrogen) atoms. The molecule has 7 nitrogen and oxygen atoms in total. The van der Waals surface area contributed by atoms with E-state index < -0.39 is 29.6 Å². The molecular weight excluding hydrogens is 469 g/mol. The van der Waals surface area contributed by atoms with Crippen LogP contribution in [0.25, 0.3) is 10.1 Å². The quantitative estimate of drug-likeness (QED) is 0.495. The largest absolute Gasteiger partial charge is 0.356 e. The number of hydrogen-bond acceptors (Lipinski definition) is 5. The number of halogens is 2. The maximum atomic E-state index is 14.0. The summed E-state index contributed by atoms with van der Waals surface area (Å²) < 4.78 is 14.7. The second-order valence-corrected chi connectivity index (χ2v) is 9.92. The molecule has 1 fully saturated rings. The van der Waals surface area contributed by atoms with E-state index >= 15 is 0 Å². The summed E-state index contributed by atoms with van der Waals surface area (Å²) in [7, 11) is 0. The van der Waals surface area contributed by atoms with Gasteiger partial charge in [-0.3, -0.25) is 19.2 Å². The monoisotopic (exact) mass is 495 g/mol. The topological polar surface area (TPSA) is 95.6 Å². The summed E-state index contributed by atoms with van der Waals surface area (Å²) in [6, 6.07) is 5.27. The molecule has 178 valence electrons. The number of ketones is 1. The van der Waals surface area contributed by atoms with E-state index in [1.807, 2.05) is 13.8 Å². The first-order valence-electron chi connectivity index (χ1n) is 10.8. The lowest BCUT2D eigenvalue weighted by atomic mass is 9.99. The van der Waals surface area contributed by atoms with Gasteiger partial charge in [-0.1, -0.05) is 19.9 Å².